The molecule has 1 aromatic rings. The van der Waals surface area contributed by atoms with Gasteiger partial charge in [0.1, 0.15) is 18.2 Å². The number of hydrogen-bond donors (Lipinski definition) is 1. The maximum Gasteiger partial charge on any atom is 0.144 e. The van der Waals surface area contributed by atoms with Crippen LogP contribution in [0.3, 0.4) is 0 Å². The highest BCUT2D eigenvalue weighted by atomic mass is 35.5. The zero-order chi connectivity index (χ0) is 12.8. The zero-order valence-electron chi connectivity index (χ0n) is 10.2. The fourth-order valence-corrected chi connectivity index (χ4v) is 1.65. The van der Waals surface area contributed by atoms with Gasteiger partial charge in [-0.3, -0.25) is 0 Å². The lowest BCUT2D eigenvalue weighted by Gasteiger charge is -2.18. The predicted octanol–water partition coefficient (Wildman–Crippen LogP) is 2.78. The van der Waals surface area contributed by atoms with E-state index < -0.39 is 5.82 Å². The number of ether oxygens (including phenoxy) is 1. The summed E-state index contributed by atoms with van der Waals surface area (Å²) in [6.45, 7) is 7.44. The zero-order valence-corrected chi connectivity index (χ0v) is 10.9. The third-order valence-electron chi connectivity index (χ3n) is 2.61. The van der Waals surface area contributed by atoms with Gasteiger partial charge in [-0.1, -0.05) is 25.4 Å². The summed E-state index contributed by atoms with van der Waals surface area (Å²) in [5.41, 5.74) is 5.90. The van der Waals surface area contributed by atoms with Crippen LogP contribution in [0, 0.1) is 5.82 Å². The Morgan fingerprint density at radius 1 is 1.35 bits per heavy atom. The van der Waals surface area contributed by atoms with Crippen LogP contribution in [-0.2, 0) is 0 Å². The molecule has 1 aromatic carbocycles. The maximum absolute atomic E-state index is 13.0. The van der Waals surface area contributed by atoms with Gasteiger partial charge in [0, 0.05) is 18.7 Å². The third-order valence-corrected chi connectivity index (χ3v) is 2.90. The summed E-state index contributed by atoms with van der Waals surface area (Å²) in [5.74, 6) is -0.0937. The number of nitrogens with two attached hydrogens (primary N) is 1. The molecule has 0 saturated carbocycles. The number of hydrogen-bond acceptors (Lipinski definition) is 3. The minimum atomic E-state index is -0.528. The molecule has 3 nitrogen and oxygen atoms in total. The molecule has 0 unspecified atom stereocenters. The first kappa shape index (κ1) is 14.1. The molecule has 0 amide bonds. The summed E-state index contributed by atoms with van der Waals surface area (Å²) in [5, 5.41) is 0.0250. The van der Waals surface area contributed by atoms with Crippen LogP contribution < -0.4 is 10.5 Å². The number of likely N-dealkylation sites (N-methyl/N-ethyl adjacent to an activating group) is 1. The summed E-state index contributed by atoms with van der Waals surface area (Å²) < 4.78 is 18.5. The molecule has 17 heavy (non-hydrogen) atoms. The second-order valence-corrected chi connectivity index (χ2v) is 4.09. The summed E-state index contributed by atoms with van der Waals surface area (Å²) in [6.07, 6.45) is 0. The fraction of sp³-hybridized carbons (Fsp3) is 0.500. The van der Waals surface area contributed by atoms with E-state index in [9.17, 15) is 4.39 Å². The number of nitrogen functional groups attached to an aromatic ring is 1. The Morgan fingerprint density at radius 3 is 2.59 bits per heavy atom. The van der Waals surface area contributed by atoms with Crippen LogP contribution in [0.15, 0.2) is 12.1 Å². The molecule has 2 N–H and O–H groups in total. The highest BCUT2D eigenvalue weighted by Gasteiger charge is 2.07. The van der Waals surface area contributed by atoms with Gasteiger partial charge < -0.3 is 15.4 Å². The lowest BCUT2D eigenvalue weighted by Crippen LogP contribution is -2.28. The molecule has 0 aliphatic rings. The lowest BCUT2D eigenvalue weighted by molar-refractivity contribution is 0.223. The number of nitrogens with zero attached hydrogens (tertiary/aromatic N) is 1. The van der Waals surface area contributed by atoms with Gasteiger partial charge in [-0.15, -0.1) is 0 Å². The molecule has 0 aliphatic carbocycles. The maximum atomic E-state index is 13.0. The largest absolute Gasteiger partial charge is 0.490 e. The quantitative estimate of drug-likeness (QED) is 0.800. The predicted molar refractivity (Wildman–Crippen MR) is 69.1 cm³/mol. The van der Waals surface area contributed by atoms with Gasteiger partial charge >= 0.3 is 0 Å². The first-order valence-electron chi connectivity index (χ1n) is 5.68. The third kappa shape index (κ3) is 4.06. The van der Waals surface area contributed by atoms with Crippen LogP contribution in [0.5, 0.6) is 5.75 Å². The lowest BCUT2D eigenvalue weighted by atomic mass is 10.3. The Balaban J connectivity index is 2.55. The molecule has 96 valence electrons. The van der Waals surface area contributed by atoms with E-state index in [1.165, 1.54) is 12.1 Å². The Bertz CT molecular complexity index is 370. The number of rotatable bonds is 6. The van der Waals surface area contributed by atoms with E-state index in [2.05, 4.69) is 18.7 Å². The van der Waals surface area contributed by atoms with Crippen molar-refractivity contribution < 1.29 is 9.13 Å². The first-order valence-corrected chi connectivity index (χ1v) is 6.06. The molecule has 0 aromatic heterocycles. The van der Waals surface area contributed by atoms with E-state index in [0.29, 0.717) is 12.4 Å². The minimum Gasteiger partial charge on any atom is -0.490 e. The molecule has 0 fully saturated rings. The summed E-state index contributed by atoms with van der Waals surface area (Å²) in [6, 6.07) is 2.59. The molecule has 0 radical (unpaired) electrons. The molecular weight excluding hydrogens is 243 g/mol. The molecule has 0 aliphatic heterocycles. The summed E-state index contributed by atoms with van der Waals surface area (Å²) in [4.78, 5) is 2.22. The molecule has 0 heterocycles. The van der Waals surface area contributed by atoms with Crippen LogP contribution in [0.1, 0.15) is 13.8 Å². The van der Waals surface area contributed by atoms with E-state index in [0.717, 1.165) is 19.6 Å². The van der Waals surface area contributed by atoms with Gasteiger partial charge in [0.25, 0.3) is 0 Å². The second-order valence-electron chi connectivity index (χ2n) is 3.68. The van der Waals surface area contributed by atoms with Gasteiger partial charge in [-0.25, -0.2) is 4.39 Å². The number of anilines is 1. The second kappa shape index (κ2) is 6.67. The van der Waals surface area contributed by atoms with Gasteiger partial charge in [0.2, 0.25) is 0 Å². The molecule has 0 spiro atoms. The summed E-state index contributed by atoms with van der Waals surface area (Å²) in [7, 11) is 0. The van der Waals surface area contributed by atoms with E-state index in [4.69, 9.17) is 22.1 Å². The van der Waals surface area contributed by atoms with Crippen molar-refractivity contribution in [1.82, 2.24) is 4.90 Å². The van der Waals surface area contributed by atoms with Gasteiger partial charge in [0.05, 0.1) is 10.7 Å². The standard InChI is InChI=1S/C12H18ClFN2O/c1-3-16(4-2)5-6-17-12-7-9(13)10(14)8-11(12)15/h7-8H,3-6,15H2,1-2H3. The topological polar surface area (TPSA) is 38.5 Å². The summed E-state index contributed by atoms with van der Waals surface area (Å²) >= 11 is 5.66. The molecular formula is C12H18ClFN2O. The first-order chi connectivity index (χ1) is 8.08. The van der Waals surface area contributed by atoms with Gasteiger partial charge in [-0.05, 0) is 13.1 Å². The SMILES string of the molecule is CCN(CC)CCOc1cc(Cl)c(F)cc1N. The number of halogens is 2. The minimum absolute atomic E-state index is 0.0250. The van der Waals surface area contributed by atoms with Crippen molar-refractivity contribution in [2.45, 2.75) is 13.8 Å². The Hall–Kier alpha value is -1.00. The van der Waals surface area contributed by atoms with Crippen molar-refractivity contribution >= 4 is 17.3 Å². The van der Waals surface area contributed by atoms with Crippen molar-refractivity contribution in [1.29, 1.82) is 0 Å². The Labute approximate surface area is 106 Å². The highest BCUT2D eigenvalue weighted by Crippen LogP contribution is 2.28. The van der Waals surface area contributed by atoms with E-state index in [-0.39, 0.29) is 10.7 Å². The molecule has 0 atom stereocenters. The van der Waals surface area contributed by atoms with Crippen LogP contribution in [0.2, 0.25) is 5.02 Å². The monoisotopic (exact) mass is 260 g/mol. The number of benzene rings is 1. The van der Waals surface area contributed by atoms with E-state index in [1.54, 1.807) is 0 Å². The molecule has 5 heteroatoms. The van der Waals surface area contributed by atoms with Crippen LogP contribution >= 0.6 is 11.6 Å². The Morgan fingerprint density at radius 2 is 2.00 bits per heavy atom. The Kier molecular flexibility index (Phi) is 5.51. The van der Waals surface area contributed by atoms with E-state index >= 15 is 0 Å². The highest BCUT2D eigenvalue weighted by molar-refractivity contribution is 6.31. The van der Waals surface area contributed by atoms with Gasteiger partial charge in [0.15, 0.2) is 0 Å². The van der Waals surface area contributed by atoms with Crippen molar-refractivity contribution in [2.24, 2.45) is 0 Å². The van der Waals surface area contributed by atoms with Crippen molar-refractivity contribution in [3.63, 3.8) is 0 Å². The van der Waals surface area contributed by atoms with Gasteiger partial charge in [-0.2, -0.15) is 0 Å². The average molecular weight is 261 g/mol. The van der Waals surface area contributed by atoms with Crippen LogP contribution in [-0.4, -0.2) is 31.1 Å². The van der Waals surface area contributed by atoms with Crippen molar-refractivity contribution in [3.05, 3.63) is 23.0 Å². The molecule has 0 saturated heterocycles. The normalized spacial score (nSPS) is 10.9. The van der Waals surface area contributed by atoms with Crippen molar-refractivity contribution in [2.75, 3.05) is 32.0 Å². The smallest absolute Gasteiger partial charge is 0.144 e. The molecule has 1 rings (SSSR count). The van der Waals surface area contributed by atoms with Crippen molar-refractivity contribution in [3.8, 4) is 5.75 Å². The molecule has 0 bridgehead atoms. The average Bonchev–Trinajstić information content (AvgIpc) is 2.31. The fourth-order valence-electron chi connectivity index (χ4n) is 1.49. The van der Waals surface area contributed by atoms with Crippen LogP contribution in [0.4, 0.5) is 10.1 Å². The van der Waals surface area contributed by atoms with Crippen LogP contribution in [0.25, 0.3) is 0 Å². The van der Waals surface area contributed by atoms with E-state index in [1.807, 2.05) is 0 Å².